The van der Waals surface area contributed by atoms with E-state index in [1.165, 1.54) is 0 Å². The van der Waals surface area contributed by atoms with Crippen molar-refractivity contribution in [2.75, 3.05) is 13.6 Å². The molecule has 0 bridgehead atoms. The molecular weight excluding hydrogens is 302 g/mol. The minimum Gasteiger partial charge on any atom is -0.357 e. The Morgan fingerprint density at radius 2 is 2.04 bits per heavy atom. The number of hydrogen-bond donors (Lipinski definition) is 3. The molecule has 0 saturated carbocycles. The lowest BCUT2D eigenvalue weighted by Crippen LogP contribution is -2.37. The number of aromatic nitrogens is 1. The van der Waals surface area contributed by atoms with Crippen LogP contribution in [0.5, 0.6) is 0 Å². The van der Waals surface area contributed by atoms with Crippen LogP contribution in [0.3, 0.4) is 0 Å². The first-order chi connectivity index (χ1) is 11.7. The first kappa shape index (κ1) is 17.5. The fraction of sp³-hybridized carbons (Fsp3) is 0.278. The zero-order valence-electron chi connectivity index (χ0n) is 14.0. The highest BCUT2D eigenvalue weighted by atomic mass is 16.1. The van der Waals surface area contributed by atoms with E-state index in [2.05, 4.69) is 25.9 Å². The van der Waals surface area contributed by atoms with E-state index >= 15 is 0 Å². The number of benzene rings is 1. The maximum atomic E-state index is 11.7. The summed E-state index contributed by atoms with van der Waals surface area (Å²) in [7, 11) is 1.62. The van der Waals surface area contributed by atoms with Gasteiger partial charge in [0.05, 0.1) is 18.8 Å². The zero-order chi connectivity index (χ0) is 17.2. The number of nitrogens with zero attached hydrogens (tertiary/aromatic N) is 2. The Hall–Kier alpha value is -2.89. The van der Waals surface area contributed by atoms with Crippen LogP contribution in [0.1, 0.15) is 28.5 Å². The number of pyridine rings is 1. The lowest BCUT2D eigenvalue weighted by molar-refractivity contribution is 0.0963. The SMILES string of the molecule is CCNC(=NCc1cccc(C(=O)NC)c1)NCc1ccccn1. The summed E-state index contributed by atoms with van der Waals surface area (Å²) in [6.45, 7) is 3.88. The monoisotopic (exact) mass is 325 g/mol. The summed E-state index contributed by atoms with van der Waals surface area (Å²) in [5.41, 5.74) is 2.56. The van der Waals surface area contributed by atoms with Gasteiger partial charge in [-0.05, 0) is 36.8 Å². The molecule has 0 spiro atoms. The van der Waals surface area contributed by atoms with Gasteiger partial charge in [0.25, 0.3) is 5.91 Å². The third-order valence-electron chi connectivity index (χ3n) is 3.34. The fourth-order valence-electron chi connectivity index (χ4n) is 2.14. The molecule has 3 N–H and O–H groups in total. The minimum absolute atomic E-state index is 0.0963. The molecule has 0 atom stereocenters. The third-order valence-corrected chi connectivity index (χ3v) is 3.34. The highest BCUT2D eigenvalue weighted by molar-refractivity contribution is 5.94. The van der Waals surface area contributed by atoms with Crippen molar-refractivity contribution < 1.29 is 4.79 Å². The predicted octanol–water partition coefficient (Wildman–Crippen LogP) is 1.70. The van der Waals surface area contributed by atoms with Crippen LogP contribution >= 0.6 is 0 Å². The van der Waals surface area contributed by atoms with E-state index in [0.717, 1.165) is 17.8 Å². The molecule has 1 amide bonds. The van der Waals surface area contributed by atoms with Gasteiger partial charge in [-0.2, -0.15) is 0 Å². The topological polar surface area (TPSA) is 78.4 Å². The number of carbonyl (C=O) groups excluding carboxylic acids is 1. The molecule has 1 aromatic carbocycles. The van der Waals surface area contributed by atoms with E-state index in [1.807, 2.05) is 43.3 Å². The molecule has 6 nitrogen and oxygen atoms in total. The van der Waals surface area contributed by atoms with E-state index in [4.69, 9.17) is 0 Å². The quantitative estimate of drug-likeness (QED) is 0.558. The van der Waals surface area contributed by atoms with Crippen LogP contribution in [0.2, 0.25) is 0 Å². The maximum absolute atomic E-state index is 11.7. The second-order valence-electron chi connectivity index (χ2n) is 5.15. The predicted molar refractivity (Wildman–Crippen MR) is 95.7 cm³/mol. The second-order valence-corrected chi connectivity index (χ2v) is 5.15. The second kappa shape index (κ2) is 9.29. The molecule has 0 radical (unpaired) electrons. The van der Waals surface area contributed by atoms with Gasteiger partial charge in [0.2, 0.25) is 0 Å². The van der Waals surface area contributed by atoms with Crippen LogP contribution in [0.25, 0.3) is 0 Å². The summed E-state index contributed by atoms with van der Waals surface area (Å²) in [6, 6.07) is 13.3. The Balaban J connectivity index is 2.01. The van der Waals surface area contributed by atoms with Crippen molar-refractivity contribution in [2.24, 2.45) is 4.99 Å². The molecule has 1 aromatic heterocycles. The van der Waals surface area contributed by atoms with E-state index < -0.39 is 0 Å². The summed E-state index contributed by atoms with van der Waals surface area (Å²) >= 11 is 0. The molecule has 1 heterocycles. The summed E-state index contributed by atoms with van der Waals surface area (Å²) in [6.07, 6.45) is 1.77. The maximum Gasteiger partial charge on any atom is 0.251 e. The fourth-order valence-corrected chi connectivity index (χ4v) is 2.14. The first-order valence-corrected chi connectivity index (χ1v) is 7.96. The molecule has 0 saturated heterocycles. The average molecular weight is 325 g/mol. The van der Waals surface area contributed by atoms with Crippen molar-refractivity contribution in [1.82, 2.24) is 20.9 Å². The number of guanidine groups is 1. The van der Waals surface area contributed by atoms with Crippen molar-refractivity contribution in [1.29, 1.82) is 0 Å². The largest absolute Gasteiger partial charge is 0.357 e. The van der Waals surface area contributed by atoms with E-state index in [1.54, 1.807) is 19.3 Å². The molecule has 0 unspecified atom stereocenters. The van der Waals surface area contributed by atoms with Gasteiger partial charge >= 0.3 is 0 Å². The third kappa shape index (κ3) is 5.39. The van der Waals surface area contributed by atoms with Crippen LogP contribution in [0.4, 0.5) is 0 Å². The number of amides is 1. The highest BCUT2D eigenvalue weighted by Crippen LogP contribution is 2.06. The van der Waals surface area contributed by atoms with E-state index in [9.17, 15) is 4.79 Å². The molecule has 0 aliphatic carbocycles. The van der Waals surface area contributed by atoms with Gasteiger partial charge < -0.3 is 16.0 Å². The lowest BCUT2D eigenvalue weighted by Gasteiger charge is -2.11. The van der Waals surface area contributed by atoms with Crippen molar-refractivity contribution in [3.05, 3.63) is 65.5 Å². The van der Waals surface area contributed by atoms with Crippen LogP contribution in [0.15, 0.2) is 53.7 Å². The van der Waals surface area contributed by atoms with Gasteiger partial charge in [-0.1, -0.05) is 18.2 Å². The van der Waals surface area contributed by atoms with Crippen LogP contribution in [-0.2, 0) is 13.1 Å². The molecule has 126 valence electrons. The average Bonchev–Trinajstić information content (AvgIpc) is 2.64. The molecule has 0 aliphatic rings. The Bertz CT molecular complexity index is 685. The normalized spacial score (nSPS) is 11.0. The molecule has 2 rings (SSSR count). The van der Waals surface area contributed by atoms with Gasteiger partial charge in [0.1, 0.15) is 0 Å². The van der Waals surface area contributed by atoms with Crippen LogP contribution in [-0.4, -0.2) is 30.4 Å². The summed E-state index contributed by atoms with van der Waals surface area (Å²) in [4.78, 5) is 20.5. The van der Waals surface area contributed by atoms with Crippen LogP contribution < -0.4 is 16.0 Å². The molecule has 0 fully saturated rings. The van der Waals surface area contributed by atoms with Crippen LogP contribution in [0, 0.1) is 0 Å². The summed E-state index contributed by atoms with van der Waals surface area (Å²) in [5.74, 6) is 0.620. The highest BCUT2D eigenvalue weighted by Gasteiger charge is 2.04. The first-order valence-electron chi connectivity index (χ1n) is 7.96. The van der Waals surface area contributed by atoms with Crippen molar-refractivity contribution in [2.45, 2.75) is 20.0 Å². The standard InChI is InChI=1S/C18H23N5O/c1-3-20-18(23-13-16-9-4-5-10-21-16)22-12-14-7-6-8-15(11-14)17(24)19-2/h4-11H,3,12-13H2,1-2H3,(H,19,24)(H2,20,22,23). The van der Waals surface area contributed by atoms with Crippen molar-refractivity contribution in [3.8, 4) is 0 Å². The summed E-state index contributed by atoms with van der Waals surface area (Å²) < 4.78 is 0. The zero-order valence-corrected chi connectivity index (χ0v) is 14.0. The Labute approximate surface area is 142 Å². The lowest BCUT2D eigenvalue weighted by atomic mass is 10.1. The Morgan fingerprint density at radius 1 is 1.17 bits per heavy atom. The van der Waals surface area contributed by atoms with Gasteiger partial charge in [-0.25, -0.2) is 4.99 Å². The Kier molecular flexibility index (Phi) is 6.76. The number of carbonyl (C=O) groups is 1. The molecule has 0 aliphatic heterocycles. The van der Waals surface area contributed by atoms with E-state index in [-0.39, 0.29) is 5.91 Å². The van der Waals surface area contributed by atoms with Crippen molar-refractivity contribution in [3.63, 3.8) is 0 Å². The Morgan fingerprint density at radius 3 is 2.75 bits per heavy atom. The number of aliphatic imine (C=N–C) groups is 1. The van der Waals surface area contributed by atoms with Gasteiger partial charge in [-0.3, -0.25) is 9.78 Å². The number of nitrogens with one attached hydrogen (secondary N) is 3. The molecule has 6 heteroatoms. The minimum atomic E-state index is -0.0963. The number of hydrogen-bond acceptors (Lipinski definition) is 3. The number of rotatable bonds is 6. The molecule has 24 heavy (non-hydrogen) atoms. The van der Waals surface area contributed by atoms with Gasteiger partial charge in [0, 0.05) is 25.4 Å². The molecule has 2 aromatic rings. The molecular formula is C18H23N5O. The van der Waals surface area contributed by atoms with E-state index in [0.29, 0.717) is 24.6 Å². The van der Waals surface area contributed by atoms with Gasteiger partial charge in [0.15, 0.2) is 5.96 Å². The van der Waals surface area contributed by atoms with Crippen molar-refractivity contribution >= 4 is 11.9 Å². The smallest absolute Gasteiger partial charge is 0.251 e. The summed E-state index contributed by atoms with van der Waals surface area (Å²) in [5, 5.41) is 9.08. The van der Waals surface area contributed by atoms with Gasteiger partial charge in [-0.15, -0.1) is 0 Å².